The highest BCUT2D eigenvalue weighted by Crippen LogP contribution is 2.28. The van der Waals surface area contributed by atoms with Crippen LogP contribution in [0.4, 0.5) is 0 Å². The second-order valence-electron chi connectivity index (χ2n) is 3.55. The molecule has 0 bridgehead atoms. The lowest BCUT2D eigenvalue weighted by molar-refractivity contribution is 0.358. The van der Waals surface area contributed by atoms with Crippen molar-refractivity contribution in [1.82, 2.24) is 0 Å². The number of para-hydroxylation sites is 1. The maximum absolute atomic E-state index is 10.9. The molecule has 1 heterocycles. The predicted octanol–water partition coefficient (Wildman–Crippen LogP) is 1.35. The smallest absolute Gasteiger partial charge is 0.382 e. The molecule has 0 spiro atoms. The lowest BCUT2D eigenvalue weighted by atomic mass is 10.1. The molecular formula is C12H10O5. The Morgan fingerprint density at radius 2 is 1.71 bits per heavy atom. The standard InChI is InChI=1S/C12H10O5/c13-9-4-2-1-3-7(9)5-8-6-17-12(16)11(15)10(8)14/h1-4,6,13-15H,5H2. The van der Waals surface area contributed by atoms with Crippen LogP contribution in [0.15, 0.2) is 39.7 Å². The molecule has 17 heavy (non-hydrogen) atoms. The van der Waals surface area contributed by atoms with Crippen LogP contribution in [0.3, 0.4) is 0 Å². The Morgan fingerprint density at radius 3 is 2.41 bits per heavy atom. The zero-order chi connectivity index (χ0) is 12.4. The van der Waals surface area contributed by atoms with Gasteiger partial charge in [-0.25, -0.2) is 4.79 Å². The molecule has 0 aliphatic carbocycles. The van der Waals surface area contributed by atoms with E-state index < -0.39 is 17.1 Å². The molecule has 5 heteroatoms. The summed E-state index contributed by atoms with van der Waals surface area (Å²) in [6.07, 6.45) is 1.21. The highest BCUT2D eigenvalue weighted by Gasteiger charge is 2.13. The Morgan fingerprint density at radius 1 is 1.00 bits per heavy atom. The van der Waals surface area contributed by atoms with Crippen LogP contribution < -0.4 is 5.63 Å². The minimum Gasteiger partial charge on any atom is -0.508 e. The van der Waals surface area contributed by atoms with Gasteiger partial charge < -0.3 is 19.7 Å². The first-order chi connectivity index (χ1) is 8.09. The first-order valence-corrected chi connectivity index (χ1v) is 4.89. The van der Waals surface area contributed by atoms with Crippen LogP contribution in [0, 0.1) is 0 Å². The van der Waals surface area contributed by atoms with Gasteiger partial charge in [0, 0.05) is 12.0 Å². The second kappa shape index (κ2) is 4.21. The molecule has 0 saturated heterocycles. The van der Waals surface area contributed by atoms with Gasteiger partial charge in [0.15, 0.2) is 5.75 Å². The first kappa shape index (κ1) is 11.1. The third kappa shape index (κ3) is 2.08. The van der Waals surface area contributed by atoms with Crippen LogP contribution in [-0.2, 0) is 6.42 Å². The van der Waals surface area contributed by atoms with Crippen LogP contribution in [0.25, 0.3) is 0 Å². The van der Waals surface area contributed by atoms with E-state index in [4.69, 9.17) is 0 Å². The Labute approximate surface area is 96.2 Å². The van der Waals surface area contributed by atoms with E-state index in [-0.39, 0.29) is 17.7 Å². The van der Waals surface area contributed by atoms with Crippen molar-refractivity contribution < 1.29 is 19.7 Å². The van der Waals surface area contributed by atoms with Gasteiger partial charge in [-0.3, -0.25) is 0 Å². The van der Waals surface area contributed by atoms with Gasteiger partial charge in [0.05, 0.1) is 0 Å². The predicted molar refractivity (Wildman–Crippen MR) is 59.2 cm³/mol. The first-order valence-electron chi connectivity index (χ1n) is 4.89. The van der Waals surface area contributed by atoms with Gasteiger partial charge in [-0.1, -0.05) is 18.2 Å². The van der Waals surface area contributed by atoms with Gasteiger partial charge in [0.25, 0.3) is 0 Å². The SMILES string of the molecule is O=c1occ(Cc2ccccc2O)c(O)c1O. The third-order valence-electron chi connectivity index (χ3n) is 2.40. The van der Waals surface area contributed by atoms with Crippen molar-refractivity contribution in [3.05, 3.63) is 52.1 Å². The minimum absolute atomic E-state index is 0.0672. The van der Waals surface area contributed by atoms with Gasteiger partial charge in [0.2, 0.25) is 5.75 Å². The van der Waals surface area contributed by atoms with Crippen molar-refractivity contribution in [3.63, 3.8) is 0 Å². The molecule has 0 radical (unpaired) electrons. The van der Waals surface area contributed by atoms with Gasteiger partial charge in [-0.15, -0.1) is 0 Å². The van der Waals surface area contributed by atoms with Gasteiger partial charge in [0.1, 0.15) is 12.0 Å². The summed E-state index contributed by atoms with van der Waals surface area (Å²) in [5.41, 5.74) is -0.219. The van der Waals surface area contributed by atoms with Crippen LogP contribution in [0.2, 0.25) is 0 Å². The summed E-state index contributed by atoms with van der Waals surface area (Å²) >= 11 is 0. The van der Waals surface area contributed by atoms with E-state index in [9.17, 15) is 20.1 Å². The van der Waals surface area contributed by atoms with E-state index in [0.717, 1.165) is 6.26 Å². The van der Waals surface area contributed by atoms with E-state index in [1.54, 1.807) is 18.2 Å². The number of aromatic hydroxyl groups is 3. The van der Waals surface area contributed by atoms with Crippen molar-refractivity contribution >= 4 is 0 Å². The Hall–Kier alpha value is -2.43. The van der Waals surface area contributed by atoms with Crippen LogP contribution in [-0.4, -0.2) is 15.3 Å². The number of phenols is 1. The van der Waals surface area contributed by atoms with Crippen LogP contribution in [0.5, 0.6) is 17.2 Å². The van der Waals surface area contributed by atoms with Gasteiger partial charge in [-0.2, -0.15) is 0 Å². The lowest BCUT2D eigenvalue weighted by Gasteiger charge is -2.06. The van der Waals surface area contributed by atoms with E-state index in [1.165, 1.54) is 6.07 Å². The van der Waals surface area contributed by atoms with Gasteiger partial charge in [-0.05, 0) is 11.6 Å². The Kier molecular flexibility index (Phi) is 2.74. The summed E-state index contributed by atoms with van der Waals surface area (Å²) in [6, 6.07) is 6.56. The van der Waals surface area contributed by atoms with E-state index in [1.807, 2.05) is 0 Å². The average Bonchev–Trinajstić information content (AvgIpc) is 2.32. The molecule has 2 aromatic rings. The molecule has 2 rings (SSSR count). The number of rotatable bonds is 2. The lowest BCUT2D eigenvalue weighted by Crippen LogP contribution is -2.00. The molecule has 3 N–H and O–H groups in total. The average molecular weight is 234 g/mol. The highest BCUT2D eigenvalue weighted by atomic mass is 16.4. The molecule has 1 aromatic carbocycles. The van der Waals surface area contributed by atoms with Crippen molar-refractivity contribution in [1.29, 1.82) is 0 Å². The molecule has 0 unspecified atom stereocenters. The summed E-state index contributed by atoms with van der Waals surface area (Å²) < 4.78 is 4.53. The fourth-order valence-electron chi connectivity index (χ4n) is 1.48. The minimum atomic E-state index is -0.997. The van der Waals surface area contributed by atoms with E-state index in [2.05, 4.69) is 4.42 Å². The van der Waals surface area contributed by atoms with Crippen molar-refractivity contribution in [2.75, 3.05) is 0 Å². The van der Waals surface area contributed by atoms with E-state index in [0.29, 0.717) is 5.56 Å². The molecule has 88 valence electrons. The van der Waals surface area contributed by atoms with E-state index >= 15 is 0 Å². The summed E-state index contributed by atoms with van der Waals surface area (Å²) in [4.78, 5) is 10.9. The van der Waals surface area contributed by atoms with Crippen molar-refractivity contribution in [3.8, 4) is 17.2 Å². The van der Waals surface area contributed by atoms with Crippen LogP contribution in [0.1, 0.15) is 11.1 Å². The molecule has 5 nitrogen and oxygen atoms in total. The molecule has 0 saturated carbocycles. The number of hydrogen-bond acceptors (Lipinski definition) is 5. The molecule has 0 atom stereocenters. The summed E-state index contributed by atoms with van der Waals surface area (Å²) in [5, 5.41) is 28.3. The summed E-state index contributed by atoms with van der Waals surface area (Å²) in [6.45, 7) is 0. The summed E-state index contributed by atoms with van der Waals surface area (Å²) in [5.74, 6) is -1.28. The maximum Gasteiger partial charge on any atom is 0.382 e. The normalized spacial score (nSPS) is 10.4. The van der Waals surface area contributed by atoms with Crippen molar-refractivity contribution in [2.24, 2.45) is 0 Å². The highest BCUT2D eigenvalue weighted by molar-refractivity contribution is 5.45. The molecule has 0 amide bonds. The fourth-order valence-corrected chi connectivity index (χ4v) is 1.48. The Bertz CT molecular complexity index is 600. The Balaban J connectivity index is 2.41. The topological polar surface area (TPSA) is 90.9 Å². The molecular weight excluding hydrogens is 224 g/mol. The zero-order valence-corrected chi connectivity index (χ0v) is 8.75. The second-order valence-corrected chi connectivity index (χ2v) is 3.55. The number of benzene rings is 1. The zero-order valence-electron chi connectivity index (χ0n) is 8.75. The molecule has 0 aliphatic rings. The number of phenolic OH excluding ortho intramolecular Hbond substituents is 1. The molecule has 1 aromatic heterocycles. The number of hydrogen-bond donors (Lipinski definition) is 3. The monoisotopic (exact) mass is 234 g/mol. The fraction of sp³-hybridized carbons (Fsp3) is 0.0833. The van der Waals surface area contributed by atoms with Gasteiger partial charge >= 0.3 is 5.63 Å². The third-order valence-corrected chi connectivity index (χ3v) is 2.40. The van der Waals surface area contributed by atoms with Crippen molar-refractivity contribution in [2.45, 2.75) is 6.42 Å². The molecule has 0 aliphatic heterocycles. The molecule has 0 fully saturated rings. The summed E-state index contributed by atoms with van der Waals surface area (Å²) in [7, 11) is 0. The van der Waals surface area contributed by atoms with Crippen LogP contribution >= 0.6 is 0 Å². The largest absolute Gasteiger partial charge is 0.508 e. The maximum atomic E-state index is 10.9. The quantitative estimate of drug-likeness (QED) is 0.729.